The largest absolute Gasteiger partial charge is 0.429 e. The molecule has 0 aliphatic heterocycles. The molecule has 0 aliphatic carbocycles. The van der Waals surface area contributed by atoms with Gasteiger partial charge in [-0.05, 0) is 41.2 Å². The van der Waals surface area contributed by atoms with Crippen LogP contribution < -0.4 is 10.1 Å². The number of nitrogens with zero attached hydrogens (tertiary/aromatic N) is 2. The fraction of sp³-hybridized carbons (Fsp3) is 0.200. The Kier molecular flexibility index (Phi) is 4.33. The Morgan fingerprint density at radius 1 is 1.47 bits per heavy atom. The molecular formula is C10H9BrClN3OS. The molecule has 0 aliphatic rings. The Bertz CT molecular complexity index is 520. The average molecular weight is 335 g/mol. The molecule has 2 aromatic rings. The maximum Gasteiger partial charge on any atom is 0.299 e. The van der Waals surface area contributed by atoms with Crippen LogP contribution in [0.4, 0.5) is 0 Å². The van der Waals surface area contributed by atoms with Gasteiger partial charge in [-0.3, -0.25) is 0 Å². The Labute approximate surface area is 116 Å². The molecule has 0 fully saturated rings. The summed E-state index contributed by atoms with van der Waals surface area (Å²) in [5, 5.41) is 13.0. The van der Waals surface area contributed by atoms with E-state index in [9.17, 15) is 0 Å². The van der Waals surface area contributed by atoms with E-state index in [-0.39, 0.29) is 0 Å². The molecule has 1 aromatic heterocycles. The summed E-state index contributed by atoms with van der Waals surface area (Å²) in [5.41, 5.74) is 0. The lowest BCUT2D eigenvalue weighted by atomic mass is 10.3. The van der Waals surface area contributed by atoms with Crippen LogP contribution in [0.1, 0.15) is 5.01 Å². The van der Waals surface area contributed by atoms with Crippen molar-refractivity contribution in [3.05, 3.63) is 32.7 Å². The number of nitrogens with one attached hydrogen (secondary N) is 1. The summed E-state index contributed by atoms with van der Waals surface area (Å²) >= 11 is 10.6. The van der Waals surface area contributed by atoms with Gasteiger partial charge in [0, 0.05) is 11.6 Å². The van der Waals surface area contributed by atoms with E-state index in [2.05, 4.69) is 31.4 Å². The lowest BCUT2D eigenvalue weighted by Gasteiger charge is -2.03. The van der Waals surface area contributed by atoms with E-state index < -0.39 is 0 Å². The molecule has 7 heteroatoms. The number of benzene rings is 1. The van der Waals surface area contributed by atoms with Crippen LogP contribution in [-0.2, 0) is 6.54 Å². The molecule has 17 heavy (non-hydrogen) atoms. The van der Waals surface area contributed by atoms with Crippen LogP contribution in [0.2, 0.25) is 5.02 Å². The van der Waals surface area contributed by atoms with E-state index in [0.29, 0.717) is 22.5 Å². The van der Waals surface area contributed by atoms with Gasteiger partial charge in [0.15, 0.2) is 0 Å². The molecule has 0 spiro atoms. The van der Waals surface area contributed by atoms with E-state index >= 15 is 0 Å². The van der Waals surface area contributed by atoms with Crippen LogP contribution >= 0.6 is 38.9 Å². The lowest BCUT2D eigenvalue weighted by molar-refractivity contribution is 0.470. The summed E-state index contributed by atoms with van der Waals surface area (Å²) in [7, 11) is 1.86. The molecule has 1 aromatic carbocycles. The SMILES string of the molecule is CNCc1nnc(Oc2ccc(Cl)cc2Br)s1. The first-order valence-corrected chi connectivity index (χ1v) is 6.77. The van der Waals surface area contributed by atoms with Gasteiger partial charge in [-0.25, -0.2) is 0 Å². The van der Waals surface area contributed by atoms with Crippen molar-refractivity contribution in [2.45, 2.75) is 6.54 Å². The smallest absolute Gasteiger partial charge is 0.299 e. The highest BCUT2D eigenvalue weighted by Crippen LogP contribution is 2.32. The maximum atomic E-state index is 5.85. The van der Waals surface area contributed by atoms with Crippen molar-refractivity contribution < 1.29 is 4.74 Å². The van der Waals surface area contributed by atoms with Crippen LogP contribution in [0.15, 0.2) is 22.7 Å². The molecule has 0 amide bonds. The molecule has 0 saturated carbocycles. The fourth-order valence-electron chi connectivity index (χ4n) is 1.15. The number of hydrogen-bond donors (Lipinski definition) is 1. The number of halogens is 2. The zero-order valence-corrected chi connectivity index (χ0v) is 12.1. The zero-order valence-electron chi connectivity index (χ0n) is 8.91. The Morgan fingerprint density at radius 2 is 2.29 bits per heavy atom. The van der Waals surface area contributed by atoms with Crippen LogP contribution in [0.3, 0.4) is 0 Å². The van der Waals surface area contributed by atoms with Crippen molar-refractivity contribution in [3.8, 4) is 10.9 Å². The Hall–Kier alpha value is -0.690. The molecule has 0 atom stereocenters. The quantitative estimate of drug-likeness (QED) is 0.930. The predicted molar refractivity (Wildman–Crippen MR) is 71.9 cm³/mol. The molecule has 4 nitrogen and oxygen atoms in total. The third kappa shape index (κ3) is 3.38. The minimum Gasteiger partial charge on any atom is -0.429 e. The fourth-order valence-corrected chi connectivity index (χ4v) is 2.63. The van der Waals surface area contributed by atoms with E-state index in [0.717, 1.165) is 9.48 Å². The van der Waals surface area contributed by atoms with Crippen molar-refractivity contribution in [2.75, 3.05) is 7.05 Å². The van der Waals surface area contributed by atoms with E-state index in [4.69, 9.17) is 16.3 Å². The number of ether oxygens (including phenoxy) is 1. The summed E-state index contributed by atoms with van der Waals surface area (Å²) in [4.78, 5) is 0. The highest BCUT2D eigenvalue weighted by Gasteiger charge is 2.08. The monoisotopic (exact) mass is 333 g/mol. The highest BCUT2D eigenvalue weighted by molar-refractivity contribution is 9.10. The van der Waals surface area contributed by atoms with Gasteiger partial charge in [0.2, 0.25) is 0 Å². The van der Waals surface area contributed by atoms with E-state index in [1.165, 1.54) is 11.3 Å². The topological polar surface area (TPSA) is 47.0 Å². The van der Waals surface area contributed by atoms with Crippen LogP contribution in [0, 0.1) is 0 Å². The molecule has 0 bridgehead atoms. The van der Waals surface area contributed by atoms with Crippen LogP contribution in [0.5, 0.6) is 10.9 Å². The van der Waals surface area contributed by atoms with Crippen molar-refractivity contribution >= 4 is 38.9 Å². The molecule has 90 valence electrons. The maximum absolute atomic E-state index is 5.85. The van der Waals surface area contributed by atoms with Gasteiger partial charge in [-0.15, -0.1) is 5.10 Å². The van der Waals surface area contributed by atoms with Crippen molar-refractivity contribution in [3.63, 3.8) is 0 Å². The van der Waals surface area contributed by atoms with Gasteiger partial charge >= 0.3 is 0 Å². The highest BCUT2D eigenvalue weighted by atomic mass is 79.9. The molecule has 1 heterocycles. The number of rotatable bonds is 4. The van der Waals surface area contributed by atoms with Crippen molar-refractivity contribution in [1.29, 1.82) is 0 Å². The summed E-state index contributed by atoms with van der Waals surface area (Å²) in [6, 6.07) is 5.31. The Balaban J connectivity index is 2.13. The number of hydrogen-bond acceptors (Lipinski definition) is 5. The minimum absolute atomic E-state index is 0.512. The average Bonchev–Trinajstić information content (AvgIpc) is 2.71. The summed E-state index contributed by atoms with van der Waals surface area (Å²) < 4.78 is 6.39. The molecule has 0 unspecified atom stereocenters. The minimum atomic E-state index is 0.512. The third-order valence-electron chi connectivity index (χ3n) is 1.87. The van der Waals surface area contributed by atoms with Gasteiger partial charge in [-0.2, -0.15) is 0 Å². The third-order valence-corrected chi connectivity index (χ3v) is 3.52. The standard InChI is InChI=1S/C10H9BrClN3OS/c1-13-5-9-14-15-10(17-9)16-8-3-2-6(12)4-7(8)11/h2-4,13H,5H2,1H3. The van der Waals surface area contributed by atoms with Crippen molar-refractivity contribution in [1.82, 2.24) is 15.5 Å². The molecular weight excluding hydrogens is 326 g/mol. The van der Waals surface area contributed by atoms with Gasteiger partial charge in [0.1, 0.15) is 10.8 Å². The molecule has 2 rings (SSSR count). The summed E-state index contributed by atoms with van der Waals surface area (Å²) in [6.07, 6.45) is 0. The van der Waals surface area contributed by atoms with Crippen LogP contribution in [-0.4, -0.2) is 17.2 Å². The zero-order chi connectivity index (χ0) is 12.3. The first-order chi connectivity index (χ1) is 8.19. The van der Waals surface area contributed by atoms with Gasteiger partial charge in [-0.1, -0.05) is 28.0 Å². The van der Waals surface area contributed by atoms with E-state index in [1.807, 2.05) is 7.05 Å². The predicted octanol–water partition coefficient (Wildman–Crippen LogP) is 3.47. The second-order valence-electron chi connectivity index (χ2n) is 3.17. The second kappa shape index (κ2) is 5.77. The van der Waals surface area contributed by atoms with E-state index in [1.54, 1.807) is 18.2 Å². The van der Waals surface area contributed by atoms with Gasteiger partial charge in [0.05, 0.1) is 4.47 Å². The second-order valence-corrected chi connectivity index (χ2v) is 5.48. The lowest BCUT2D eigenvalue weighted by Crippen LogP contribution is -2.04. The molecule has 0 saturated heterocycles. The number of aromatic nitrogens is 2. The Morgan fingerprint density at radius 3 is 3.00 bits per heavy atom. The molecule has 0 radical (unpaired) electrons. The van der Waals surface area contributed by atoms with Crippen LogP contribution in [0.25, 0.3) is 0 Å². The summed E-state index contributed by atoms with van der Waals surface area (Å²) in [6.45, 7) is 0.683. The first kappa shape index (κ1) is 12.8. The first-order valence-electron chi connectivity index (χ1n) is 4.79. The molecule has 1 N–H and O–H groups in total. The van der Waals surface area contributed by atoms with Gasteiger partial charge in [0.25, 0.3) is 5.19 Å². The van der Waals surface area contributed by atoms with Gasteiger partial charge < -0.3 is 10.1 Å². The van der Waals surface area contributed by atoms with Crippen molar-refractivity contribution in [2.24, 2.45) is 0 Å². The normalized spacial score (nSPS) is 10.5. The summed E-state index contributed by atoms with van der Waals surface area (Å²) in [5.74, 6) is 0.668.